The van der Waals surface area contributed by atoms with E-state index in [4.69, 9.17) is 21.1 Å². The summed E-state index contributed by atoms with van der Waals surface area (Å²) in [5.41, 5.74) is -0.796. The van der Waals surface area contributed by atoms with Crippen LogP contribution in [0.2, 0.25) is 5.02 Å². The number of ether oxygens (including phenoxy) is 2. The van der Waals surface area contributed by atoms with Crippen LogP contribution in [-0.4, -0.2) is 83.8 Å². The van der Waals surface area contributed by atoms with Crippen molar-refractivity contribution in [2.75, 3.05) is 31.1 Å². The van der Waals surface area contributed by atoms with Gasteiger partial charge in [-0.25, -0.2) is 0 Å². The molecule has 4 heterocycles. The minimum atomic E-state index is -1.38. The molecule has 1 aromatic carbocycles. The molecule has 0 aliphatic carbocycles. The number of aliphatic hydroxyl groups is 1. The topological polar surface area (TPSA) is 125 Å². The predicted octanol–water partition coefficient (Wildman–Crippen LogP) is 3.11. The molecule has 6 atom stereocenters. The Kier molecular flexibility index (Phi) is 9.41. The lowest BCUT2D eigenvalue weighted by Crippen LogP contribution is -2.56. The molecule has 12 heteroatoms. The summed E-state index contributed by atoms with van der Waals surface area (Å²) < 4.78 is 12.8. The number of esters is 1. The molecule has 3 amide bonds. The summed E-state index contributed by atoms with van der Waals surface area (Å²) in [6.45, 7) is 2.30. The fourth-order valence-corrected chi connectivity index (χ4v) is 7.21. The number of benzene rings is 1. The Balaban J connectivity index is 1.59. The van der Waals surface area contributed by atoms with Gasteiger partial charge < -0.3 is 29.7 Å². The number of allylic oxidation sites excluding steroid dienone is 1. The number of nitrogens with zero attached hydrogens (tertiary/aromatic N) is 2. The predicted molar refractivity (Wildman–Crippen MR) is 159 cm³/mol. The number of hydrogen-bond donors (Lipinski definition) is 2. The maximum Gasteiger partial charge on any atom is 0.313 e. The van der Waals surface area contributed by atoms with Crippen LogP contribution >= 0.6 is 27.5 Å². The molecule has 1 spiro atoms. The lowest BCUT2D eigenvalue weighted by molar-refractivity contribution is -0.158. The molecule has 1 aromatic rings. The van der Waals surface area contributed by atoms with E-state index in [9.17, 15) is 24.3 Å². The van der Waals surface area contributed by atoms with Crippen LogP contribution in [0.25, 0.3) is 0 Å². The molecule has 5 rings (SSSR count). The minimum absolute atomic E-state index is 0.0343. The van der Waals surface area contributed by atoms with Crippen molar-refractivity contribution >= 4 is 56.9 Å². The number of likely N-dealkylation sites (tertiary alicyclic amines) is 1. The fourth-order valence-electron chi connectivity index (χ4n) is 6.34. The zero-order valence-corrected chi connectivity index (χ0v) is 25.7. The Labute approximate surface area is 258 Å². The summed E-state index contributed by atoms with van der Waals surface area (Å²) in [6.07, 6.45) is 6.54. The Hall–Kier alpha value is -2.73. The molecule has 2 saturated heterocycles. The molecule has 0 radical (unpaired) electrons. The zero-order chi connectivity index (χ0) is 30.0. The number of cyclic esters (lactones) is 1. The summed E-state index contributed by atoms with van der Waals surface area (Å²) in [6, 6.07) is 5.81. The van der Waals surface area contributed by atoms with E-state index in [2.05, 4.69) is 21.2 Å². The maximum atomic E-state index is 14.7. The highest BCUT2D eigenvalue weighted by molar-refractivity contribution is 9.11. The van der Waals surface area contributed by atoms with Gasteiger partial charge in [0.15, 0.2) is 0 Å². The number of rotatable bonds is 6. The number of carbonyl (C=O) groups is 4. The van der Waals surface area contributed by atoms with Gasteiger partial charge >= 0.3 is 5.97 Å². The Morgan fingerprint density at radius 2 is 1.86 bits per heavy atom. The summed E-state index contributed by atoms with van der Waals surface area (Å²) in [4.78, 5) is 57.9. The third-order valence-corrected chi connectivity index (χ3v) is 9.22. The Bertz CT molecular complexity index is 1290. The van der Waals surface area contributed by atoms with E-state index in [1.807, 2.05) is 12.2 Å². The van der Waals surface area contributed by atoms with Crippen molar-refractivity contribution in [3.63, 3.8) is 0 Å². The first kappa shape index (κ1) is 30.7. The van der Waals surface area contributed by atoms with E-state index in [0.29, 0.717) is 40.9 Å². The van der Waals surface area contributed by atoms with Crippen LogP contribution in [0.1, 0.15) is 39.0 Å². The molecule has 2 N–H and O–H groups in total. The van der Waals surface area contributed by atoms with Crippen molar-refractivity contribution < 1.29 is 33.8 Å². The number of nitrogens with one attached hydrogen (secondary N) is 1. The van der Waals surface area contributed by atoms with Crippen molar-refractivity contribution in [3.8, 4) is 0 Å². The third-order valence-electron chi connectivity index (χ3n) is 8.29. The molecule has 4 aliphatic heterocycles. The number of carbonyl (C=O) groups excluding carboxylic acids is 4. The van der Waals surface area contributed by atoms with E-state index >= 15 is 0 Å². The highest BCUT2D eigenvalue weighted by Gasteiger charge is 2.74. The second-order valence-electron chi connectivity index (χ2n) is 11.1. The van der Waals surface area contributed by atoms with Crippen LogP contribution in [0, 0.1) is 11.8 Å². The van der Waals surface area contributed by atoms with Gasteiger partial charge in [0.25, 0.3) is 5.91 Å². The molecular formula is C30H35BrClN3O7. The van der Waals surface area contributed by atoms with Crippen LogP contribution < -0.4 is 10.2 Å². The first-order chi connectivity index (χ1) is 20.2. The van der Waals surface area contributed by atoms with Crippen LogP contribution in [0.3, 0.4) is 0 Å². The van der Waals surface area contributed by atoms with E-state index in [1.165, 1.54) is 0 Å². The summed E-state index contributed by atoms with van der Waals surface area (Å²) >= 11 is 9.69. The molecule has 0 saturated carbocycles. The lowest BCUT2D eigenvalue weighted by Gasteiger charge is -2.36. The number of anilines is 1. The van der Waals surface area contributed by atoms with E-state index in [1.54, 1.807) is 47.1 Å². The average Bonchev–Trinajstić information content (AvgIpc) is 3.55. The van der Waals surface area contributed by atoms with Gasteiger partial charge in [0.2, 0.25) is 11.8 Å². The molecule has 0 unspecified atom stereocenters. The van der Waals surface area contributed by atoms with Crippen molar-refractivity contribution in [2.45, 2.75) is 62.9 Å². The van der Waals surface area contributed by atoms with E-state index in [0.717, 1.165) is 0 Å². The van der Waals surface area contributed by atoms with Crippen LogP contribution in [0.15, 0.2) is 47.0 Å². The summed E-state index contributed by atoms with van der Waals surface area (Å²) in [7, 11) is 0. The molecule has 0 aromatic heterocycles. The number of fused-ring (bicyclic) bond motifs is 2. The van der Waals surface area contributed by atoms with Gasteiger partial charge in [-0.05, 0) is 62.9 Å². The molecule has 226 valence electrons. The van der Waals surface area contributed by atoms with Gasteiger partial charge in [-0.2, -0.15) is 0 Å². The SMILES string of the molecule is C[C@H]1CNC(=O)CC/C=C\CN(c2ccc(Cl)cc2)C(=O)[C@H]2N(CCCCCO)C(=O)[C@@H]3[C@@H](C(=O)O1)[C@@H]1O[C@@]32C=C1Br. The van der Waals surface area contributed by atoms with Crippen LogP contribution in [0.5, 0.6) is 0 Å². The van der Waals surface area contributed by atoms with Crippen molar-refractivity contribution in [1.29, 1.82) is 0 Å². The van der Waals surface area contributed by atoms with Crippen molar-refractivity contribution in [2.24, 2.45) is 11.8 Å². The molecule has 2 fully saturated rings. The molecule has 10 nitrogen and oxygen atoms in total. The van der Waals surface area contributed by atoms with Gasteiger partial charge in [-0.15, -0.1) is 0 Å². The number of halogens is 2. The number of hydrogen-bond acceptors (Lipinski definition) is 7. The standard InChI is InChI=1S/C30H35BrClN3O7/c1-18-17-33-22(37)8-4-2-5-13-34(20-11-9-19(32)10-12-20)28(39)26-30-16-21(31)25(42-30)23(29(40)41-18)24(30)27(38)35(26)14-6-3-7-15-36/h2,5,9-12,16,18,23-26,36H,3-4,6-8,13-15,17H2,1H3,(H,33,37)/b5-2-/t18-,23+,24-,25+,26+,30-/m0/s1. The first-order valence-electron chi connectivity index (χ1n) is 14.3. The monoisotopic (exact) mass is 663 g/mol. The normalized spacial score (nSPS) is 32.5. The molecular weight excluding hydrogens is 630 g/mol. The average molecular weight is 665 g/mol. The number of unbranched alkanes of at least 4 members (excludes halogenated alkanes) is 2. The Morgan fingerprint density at radius 1 is 1.10 bits per heavy atom. The molecule has 4 aliphatic rings. The minimum Gasteiger partial charge on any atom is -0.460 e. The second kappa shape index (κ2) is 12.9. The van der Waals surface area contributed by atoms with E-state index in [-0.39, 0.29) is 50.4 Å². The van der Waals surface area contributed by atoms with Gasteiger partial charge in [0, 0.05) is 41.3 Å². The van der Waals surface area contributed by atoms with Gasteiger partial charge in [0.1, 0.15) is 29.8 Å². The molecule has 42 heavy (non-hydrogen) atoms. The zero-order valence-electron chi connectivity index (χ0n) is 23.3. The highest BCUT2D eigenvalue weighted by Crippen LogP contribution is 2.59. The number of aliphatic hydroxyl groups excluding tert-OH is 1. The lowest BCUT2D eigenvalue weighted by atomic mass is 9.74. The molecule has 5 bridgehead atoms. The quantitative estimate of drug-likeness (QED) is 0.272. The van der Waals surface area contributed by atoms with Gasteiger partial charge in [-0.3, -0.25) is 19.2 Å². The summed E-state index contributed by atoms with van der Waals surface area (Å²) in [5.74, 6) is -3.42. The second-order valence-corrected chi connectivity index (χ2v) is 12.5. The van der Waals surface area contributed by atoms with E-state index < -0.39 is 41.7 Å². The first-order valence-corrected chi connectivity index (χ1v) is 15.5. The maximum absolute atomic E-state index is 14.7. The highest BCUT2D eigenvalue weighted by atomic mass is 79.9. The van der Waals surface area contributed by atoms with Crippen molar-refractivity contribution in [3.05, 3.63) is 52.0 Å². The third kappa shape index (κ3) is 5.76. The summed E-state index contributed by atoms with van der Waals surface area (Å²) in [5, 5.41) is 12.6. The largest absolute Gasteiger partial charge is 0.460 e. The van der Waals surface area contributed by atoms with Crippen LogP contribution in [-0.2, 0) is 28.7 Å². The smallest absolute Gasteiger partial charge is 0.313 e. The van der Waals surface area contributed by atoms with Gasteiger partial charge in [-0.1, -0.05) is 39.7 Å². The fraction of sp³-hybridized carbons (Fsp3) is 0.533. The number of amides is 3. The van der Waals surface area contributed by atoms with Crippen molar-refractivity contribution in [1.82, 2.24) is 10.2 Å². The Morgan fingerprint density at radius 3 is 2.60 bits per heavy atom. The van der Waals surface area contributed by atoms with Crippen LogP contribution in [0.4, 0.5) is 5.69 Å². The van der Waals surface area contributed by atoms with Gasteiger partial charge in [0.05, 0.1) is 12.5 Å².